The number of nitrogens with zero attached hydrogens (tertiary/aromatic N) is 1. The van der Waals surface area contributed by atoms with Crippen molar-refractivity contribution >= 4 is 23.4 Å². The predicted octanol–water partition coefficient (Wildman–Crippen LogP) is 4.06. The van der Waals surface area contributed by atoms with Crippen molar-refractivity contribution in [2.75, 3.05) is 11.9 Å². The van der Waals surface area contributed by atoms with E-state index >= 15 is 0 Å². The first-order valence-corrected chi connectivity index (χ1v) is 14.6. The summed E-state index contributed by atoms with van der Waals surface area (Å²) < 4.78 is 6.75. The van der Waals surface area contributed by atoms with E-state index in [0.29, 0.717) is 30.6 Å². The van der Waals surface area contributed by atoms with Crippen LogP contribution < -0.4 is 10.6 Å². The monoisotopic (exact) mass is 567 g/mol. The molecule has 3 fully saturated rings. The highest BCUT2D eigenvalue weighted by molar-refractivity contribution is 6.04. The van der Waals surface area contributed by atoms with Crippen LogP contribution in [0.2, 0.25) is 0 Å². The molecule has 218 valence electrons. The number of fused-ring (bicyclic) bond motifs is 1. The first-order chi connectivity index (χ1) is 20.2. The van der Waals surface area contributed by atoms with Gasteiger partial charge in [-0.1, -0.05) is 72.8 Å². The van der Waals surface area contributed by atoms with Crippen molar-refractivity contribution in [2.24, 2.45) is 11.8 Å². The number of carbonyl (C=O) groups is 3. The third kappa shape index (κ3) is 4.50. The molecule has 0 saturated carbocycles. The second kappa shape index (κ2) is 10.7. The van der Waals surface area contributed by atoms with Crippen LogP contribution in [0.15, 0.2) is 78.9 Å². The van der Waals surface area contributed by atoms with E-state index in [1.807, 2.05) is 99.6 Å². The smallest absolute Gasteiger partial charge is 0.250 e. The Labute approximate surface area is 246 Å². The minimum atomic E-state index is -1.20. The molecule has 0 aliphatic carbocycles. The standard InChI is InChI=1S/C34H37N3O5/c1-21-14-15-22(2)25(18-21)36-31(40)29-34-17-16-33(3,42-34)27(30(39)35-19-23-10-6-4-7-11-23)28(34)32(41)37(29)26(20-38)24-12-8-5-9-13-24/h4-15,18,26-29,38H,16-17,19-20H2,1-3H3,(H,35,39)(H,36,40)/t26-,27+,28+,29?,33-,34?/m1/s1. The molecule has 6 rings (SSSR count). The van der Waals surface area contributed by atoms with E-state index < -0.39 is 35.1 Å². The molecular weight excluding hydrogens is 530 g/mol. The molecule has 3 N–H and O–H groups in total. The number of nitrogens with one attached hydrogen (secondary N) is 2. The molecule has 3 amide bonds. The van der Waals surface area contributed by atoms with Crippen LogP contribution in [0.1, 0.15) is 48.1 Å². The number of anilines is 1. The summed E-state index contributed by atoms with van der Waals surface area (Å²) in [7, 11) is 0. The van der Waals surface area contributed by atoms with Crippen molar-refractivity contribution in [3.05, 3.63) is 101 Å². The molecule has 0 radical (unpaired) electrons. The lowest BCUT2D eigenvalue weighted by molar-refractivity contribution is -0.148. The molecular formula is C34H37N3O5. The number of benzene rings is 3. The van der Waals surface area contributed by atoms with E-state index in [1.54, 1.807) is 0 Å². The van der Waals surface area contributed by atoms with Crippen LogP contribution in [0.4, 0.5) is 5.69 Å². The van der Waals surface area contributed by atoms with Crippen LogP contribution >= 0.6 is 0 Å². The normalized spacial score (nSPS) is 28.4. The molecule has 2 unspecified atom stereocenters. The van der Waals surface area contributed by atoms with Gasteiger partial charge in [-0.2, -0.15) is 0 Å². The summed E-state index contributed by atoms with van der Waals surface area (Å²) in [6, 6.07) is 22.8. The first kappa shape index (κ1) is 28.1. The molecule has 8 nitrogen and oxygen atoms in total. The number of hydrogen-bond acceptors (Lipinski definition) is 5. The van der Waals surface area contributed by atoms with Gasteiger partial charge in [0, 0.05) is 12.2 Å². The van der Waals surface area contributed by atoms with E-state index in [0.717, 1.165) is 16.7 Å². The van der Waals surface area contributed by atoms with Crippen LogP contribution in [-0.2, 0) is 25.7 Å². The van der Waals surface area contributed by atoms with Crippen LogP contribution in [-0.4, -0.2) is 51.6 Å². The van der Waals surface area contributed by atoms with E-state index in [1.165, 1.54) is 4.90 Å². The van der Waals surface area contributed by atoms with E-state index in [2.05, 4.69) is 10.6 Å². The maximum Gasteiger partial charge on any atom is 0.250 e. The van der Waals surface area contributed by atoms with Crippen molar-refractivity contribution < 1.29 is 24.2 Å². The Morgan fingerprint density at radius 2 is 1.69 bits per heavy atom. The number of ether oxygens (including phenoxy) is 1. The van der Waals surface area contributed by atoms with Crippen molar-refractivity contribution in [1.29, 1.82) is 0 Å². The predicted molar refractivity (Wildman–Crippen MR) is 158 cm³/mol. The highest BCUT2D eigenvalue weighted by Crippen LogP contribution is 2.64. The second-order valence-corrected chi connectivity index (χ2v) is 12.1. The second-order valence-electron chi connectivity index (χ2n) is 12.1. The van der Waals surface area contributed by atoms with Crippen molar-refractivity contribution in [3.63, 3.8) is 0 Å². The molecule has 42 heavy (non-hydrogen) atoms. The Bertz CT molecular complexity index is 1510. The molecule has 3 saturated heterocycles. The third-order valence-corrected chi connectivity index (χ3v) is 9.40. The number of carbonyl (C=O) groups excluding carboxylic acids is 3. The summed E-state index contributed by atoms with van der Waals surface area (Å²) in [5, 5.41) is 16.7. The van der Waals surface area contributed by atoms with Crippen LogP contribution in [0, 0.1) is 25.7 Å². The Balaban J connectivity index is 1.40. The van der Waals surface area contributed by atoms with Crippen molar-refractivity contribution in [2.45, 2.75) is 63.4 Å². The van der Waals surface area contributed by atoms with E-state index in [4.69, 9.17) is 4.74 Å². The summed E-state index contributed by atoms with van der Waals surface area (Å²) in [4.78, 5) is 44.2. The summed E-state index contributed by atoms with van der Waals surface area (Å²) in [5.41, 5.74) is 2.09. The van der Waals surface area contributed by atoms with Gasteiger partial charge < -0.3 is 25.4 Å². The maximum absolute atomic E-state index is 14.5. The quantitative estimate of drug-likeness (QED) is 0.381. The van der Waals surface area contributed by atoms with E-state index in [9.17, 15) is 19.5 Å². The SMILES string of the molecule is Cc1ccc(C)c(NC(=O)C2N([C@H](CO)c3ccccc3)C(=O)[C@@H]3[C@@H](C(=O)NCc4ccccc4)[C@@]4(C)CCC23O4)c1. The van der Waals surface area contributed by atoms with Gasteiger partial charge in [-0.15, -0.1) is 0 Å². The Kier molecular flexibility index (Phi) is 7.15. The number of aryl methyl sites for hydroxylation is 2. The topological polar surface area (TPSA) is 108 Å². The summed E-state index contributed by atoms with van der Waals surface area (Å²) in [6.07, 6.45) is 0.993. The van der Waals surface area contributed by atoms with Gasteiger partial charge in [-0.25, -0.2) is 0 Å². The number of hydrogen-bond donors (Lipinski definition) is 3. The summed E-state index contributed by atoms with van der Waals surface area (Å²) >= 11 is 0. The zero-order chi connectivity index (χ0) is 29.6. The van der Waals surface area contributed by atoms with Crippen LogP contribution in [0.5, 0.6) is 0 Å². The molecule has 3 aromatic carbocycles. The largest absolute Gasteiger partial charge is 0.394 e. The Morgan fingerprint density at radius 3 is 2.38 bits per heavy atom. The fraction of sp³-hybridized carbons (Fsp3) is 0.382. The maximum atomic E-state index is 14.5. The number of amides is 3. The van der Waals surface area contributed by atoms with Crippen LogP contribution in [0.25, 0.3) is 0 Å². The minimum absolute atomic E-state index is 0.267. The molecule has 3 aromatic rings. The molecule has 0 aromatic heterocycles. The van der Waals surface area contributed by atoms with Gasteiger partial charge in [0.1, 0.15) is 11.6 Å². The highest BCUT2D eigenvalue weighted by atomic mass is 16.5. The molecule has 3 aliphatic heterocycles. The van der Waals surface area contributed by atoms with Crippen molar-refractivity contribution in [3.8, 4) is 0 Å². The summed E-state index contributed by atoms with van der Waals surface area (Å²) in [6.45, 7) is 5.69. The van der Waals surface area contributed by atoms with Gasteiger partial charge in [0.15, 0.2) is 0 Å². The van der Waals surface area contributed by atoms with Gasteiger partial charge in [0.25, 0.3) is 0 Å². The molecule has 2 bridgehead atoms. The van der Waals surface area contributed by atoms with Gasteiger partial charge in [0.05, 0.1) is 30.1 Å². The average molecular weight is 568 g/mol. The van der Waals surface area contributed by atoms with Gasteiger partial charge in [0.2, 0.25) is 17.7 Å². The molecule has 8 heteroatoms. The number of likely N-dealkylation sites (tertiary alicyclic amines) is 1. The lowest BCUT2D eigenvalue weighted by Gasteiger charge is -2.37. The zero-order valence-electron chi connectivity index (χ0n) is 24.2. The molecule has 3 aliphatic rings. The molecule has 3 heterocycles. The average Bonchev–Trinajstić information content (AvgIpc) is 3.56. The lowest BCUT2D eigenvalue weighted by Crippen LogP contribution is -2.54. The highest BCUT2D eigenvalue weighted by Gasteiger charge is 2.78. The molecule has 6 atom stereocenters. The zero-order valence-corrected chi connectivity index (χ0v) is 24.2. The van der Waals surface area contributed by atoms with E-state index in [-0.39, 0.29) is 24.3 Å². The number of aliphatic hydroxyl groups excluding tert-OH is 1. The number of aliphatic hydroxyl groups is 1. The van der Waals surface area contributed by atoms with Crippen molar-refractivity contribution in [1.82, 2.24) is 10.2 Å². The lowest BCUT2D eigenvalue weighted by atomic mass is 9.66. The fourth-order valence-corrected chi connectivity index (χ4v) is 7.40. The minimum Gasteiger partial charge on any atom is -0.394 e. The Morgan fingerprint density at radius 1 is 1.00 bits per heavy atom. The van der Waals surface area contributed by atoms with Gasteiger partial charge >= 0.3 is 0 Å². The first-order valence-electron chi connectivity index (χ1n) is 14.6. The third-order valence-electron chi connectivity index (χ3n) is 9.40. The molecule has 1 spiro atoms. The summed E-state index contributed by atoms with van der Waals surface area (Å²) in [5.74, 6) is -2.64. The van der Waals surface area contributed by atoms with Gasteiger partial charge in [-0.3, -0.25) is 14.4 Å². The van der Waals surface area contributed by atoms with Gasteiger partial charge in [-0.05, 0) is 61.9 Å². The Hall–Kier alpha value is -4.01. The fourth-order valence-electron chi connectivity index (χ4n) is 7.40. The van der Waals surface area contributed by atoms with Crippen LogP contribution in [0.3, 0.4) is 0 Å². The number of rotatable bonds is 8.